The number of anilines is 1. The van der Waals surface area contributed by atoms with Crippen molar-refractivity contribution in [3.8, 4) is 11.4 Å². The molecule has 19 heavy (non-hydrogen) atoms. The van der Waals surface area contributed by atoms with Crippen molar-refractivity contribution in [3.63, 3.8) is 0 Å². The molecule has 2 N–H and O–H groups in total. The zero-order chi connectivity index (χ0) is 14.2. The number of rotatable bonds is 1. The van der Waals surface area contributed by atoms with Crippen LogP contribution in [0.4, 0.5) is 5.69 Å². The molecule has 0 fully saturated rings. The Kier molecular flexibility index (Phi) is 3.60. The molecular weight excluding hydrogens is 253 g/mol. The minimum Gasteiger partial charge on any atom is -0.399 e. The summed E-state index contributed by atoms with van der Waals surface area (Å²) in [6.07, 6.45) is 0. The van der Waals surface area contributed by atoms with Gasteiger partial charge >= 0.3 is 0 Å². The van der Waals surface area contributed by atoms with Crippen LogP contribution in [0.3, 0.4) is 0 Å². The lowest BCUT2D eigenvalue weighted by Gasteiger charge is -2.22. The molecule has 3 nitrogen and oxygen atoms in total. The van der Waals surface area contributed by atoms with Crippen LogP contribution >= 0.6 is 9.24 Å². The quantitative estimate of drug-likeness (QED) is 0.642. The Morgan fingerprint density at radius 2 is 1.63 bits per heavy atom. The van der Waals surface area contributed by atoms with Crippen molar-refractivity contribution < 1.29 is 0 Å². The van der Waals surface area contributed by atoms with E-state index >= 15 is 0 Å². The van der Waals surface area contributed by atoms with Crippen LogP contribution in [-0.2, 0) is 5.41 Å². The lowest BCUT2D eigenvalue weighted by molar-refractivity contribution is 0.564. The Hall–Kier alpha value is -1.47. The largest absolute Gasteiger partial charge is 0.399 e. The van der Waals surface area contributed by atoms with E-state index in [2.05, 4.69) is 41.9 Å². The minimum atomic E-state index is 0.000894. The molecule has 0 aliphatic heterocycles. The molecule has 0 spiro atoms. The molecule has 1 aromatic heterocycles. The van der Waals surface area contributed by atoms with E-state index in [1.165, 1.54) is 0 Å². The van der Waals surface area contributed by atoms with E-state index in [1.54, 1.807) is 0 Å². The first-order chi connectivity index (χ1) is 8.79. The predicted octanol–water partition coefficient (Wildman–Crippen LogP) is 2.83. The summed E-state index contributed by atoms with van der Waals surface area (Å²) in [6, 6.07) is 7.66. The Morgan fingerprint density at radius 1 is 1.05 bits per heavy atom. The van der Waals surface area contributed by atoms with Gasteiger partial charge in [-0.3, -0.25) is 0 Å². The Morgan fingerprint density at radius 3 is 2.16 bits per heavy atom. The van der Waals surface area contributed by atoms with Crippen LogP contribution in [0.1, 0.15) is 32.0 Å². The summed E-state index contributed by atoms with van der Waals surface area (Å²) in [5, 5.41) is 0. The maximum absolute atomic E-state index is 5.71. The number of nitrogen functional groups attached to an aromatic ring is 1. The molecule has 0 aliphatic carbocycles. The van der Waals surface area contributed by atoms with E-state index < -0.39 is 0 Å². The summed E-state index contributed by atoms with van der Waals surface area (Å²) in [5.74, 6) is 0.750. The minimum absolute atomic E-state index is 0.000894. The van der Waals surface area contributed by atoms with Crippen molar-refractivity contribution >= 4 is 20.4 Å². The molecule has 1 aromatic carbocycles. The van der Waals surface area contributed by atoms with Gasteiger partial charge in [-0.2, -0.15) is 0 Å². The molecule has 100 valence electrons. The first kappa shape index (κ1) is 14.0. The van der Waals surface area contributed by atoms with Crippen LogP contribution in [0.2, 0.25) is 0 Å². The second kappa shape index (κ2) is 4.90. The topological polar surface area (TPSA) is 51.8 Å². The third-order valence-electron chi connectivity index (χ3n) is 3.06. The average molecular weight is 273 g/mol. The molecule has 0 saturated heterocycles. The number of aromatic nitrogens is 2. The fourth-order valence-electron chi connectivity index (χ4n) is 2.03. The van der Waals surface area contributed by atoms with Crippen molar-refractivity contribution in [2.45, 2.75) is 33.1 Å². The van der Waals surface area contributed by atoms with Crippen LogP contribution < -0.4 is 11.2 Å². The third-order valence-corrected chi connectivity index (χ3v) is 3.62. The van der Waals surface area contributed by atoms with Gasteiger partial charge in [0.15, 0.2) is 5.82 Å². The van der Waals surface area contributed by atoms with E-state index in [1.807, 2.05) is 24.3 Å². The van der Waals surface area contributed by atoms with Gasteiger partial charge in [-0.05, 0) is 36.8 Å². The highest BCUT2D eigenvalue weighted by molar-refractivity contribution is 7.27. The SMILES string of the molecule is Cc1c(P)nc(-c2ccc(N)cc2)nc1C(C)(C)C. The van der Waals surface area contributed by atoms with Gasteiger partial charge in [0, 0.05) is 16.7 Å². The van der Waals surface area contributed by atoms with Gasteiger partial charge in [-0.15, -0.1) is 0 Å². The predicted molar refractivity (Wildman–Crippen MR) is 84.7 cm³/mol. The van der Waals surface area contributed by atoms with Gasteiger partial charge in [0.25, 0.3) is 0 Å². The van der Waals surface area contributed by atoms with Crippen LogP contribution in [0, 0.1) is 6.92 Å². The summed E-state index contributed by atoms with van der Waals surface area (Å²) in [7, 11) is 2.70. The zero-order valence-electron chi connectivity index (χ0n) is 11.9. The van der Waals surface area contributed by atoms with Crippen LogP contribution in [0.25, 0.3) is 11.4 Å². The van der Waals surface area contributed by atoms with Gasteiger partial charge in [-0.1, -0.05) is 30.0 Å². The number of hydrogen-bond donors (Lipinski definition) is 1. The van der Waals surface area contributed by atoms with E-state index in [4.69, 9.17) is 10.7 Å². The van der Waals surface area contributed by atoms with Gasteiger partial charge in [0.2, 0.25) is 0 Å². The number of nitrogens with two attached hydrogens (primary N) is 1. The lowest BCUT2D eigenvalue weighted by Crippen LogP contribution is -2.21. The Bertz CT molecular complexity index is 598. The fourth-order valence-corrected chi connectivity index (χ4v) is 2.28. The Labute approximate surface area is 116 Å². The summed E-state index contributed by atoms with van der Waals surface area (Å²) >= 11 is 0. The summed E-state index contributed by atoms with van der Waals surface area (Å²) < 4.78 is 0. The molecule has 0 aliphatic rings. The Balaban J connectivity index is 2.60. The molecule has 1 atom stereocenters. The highest BCUT2D eigenvalue weighted by atomic mass is 31.0. The maximum atomic E-state index is 5.71. The fraction of sp³-hybridized carbons (Fsp3) is 0.333. The molecule has 2 rings (SSSR count). The molecule has 1 heterocycles. The normalized spacial score (nSPS) is 11.6. The van der Waals surface area contributed by atoms with Crippen LogP contribution in [0.15, 0.2) is 24.3 Å². The number of nitrogens with zero attached hydrogens (tertiary/aromatic N) is 2. The number of benzene rings is 1. The van der Waals surface area contributed by atoms with Crippen LogP contribution in [-0.4, -0.2) is 9.97 Å². The zero-order valence-corrected chi connectivity index (χ0v) is 13.0. The molecule has 1 unspecified atom stereocenters. The average Bonchev–Trinajstić information content (AvgIpc) is 2.32. The van der Waals surface area contributed by atoms with Crippen molar-refractivity contribution in [3.05, 3.63) is 35.5 Å². The van der Waals surface area contributed by atoms with Crippen LogP contribution in [0.5, 0.6) is 0 Å². The lowest BCUT2D eigenvalue weighted by atomic mass is 9.89. The highest BCUT2D eigenvalue weighted by Gasteiger charge is 2.21. The maximum Gasteiger partial charge on any atom is 0.160 e. The smallest absolute Gasteiger partial charge is 0.160 e. The summed E-state index contributed by atoms with van der Waals surface area (Å²) in [6.45, 7) is 8.56. The van der Waals surface area contributed by atoms with E-state index in [-0.39, 0.29) is 5.41 Å². The molecular formula is C15H20N3P. The van der Waals surface area contributed by atoms with E-state index in [9.17, 15) is 0 Å². The highest BCUT2D eigenvalue weighted by Crippen LogP contribution is 2.26. The molecule has 0 bridgehead atoms. The third kappa shape index (κ3) is 2.93. The molecule has 0 amide bonds. The van der Waals surface area contributed by atoms with E-state index in [0.29, 0.717) is 0 Å². The second-order valence-electron chi connectivity index (χ2n) is 5.78. The first-order valence-electron chi connectivity index (χ1n) is 6.29. The van der Waals surface area contributed by atoms with Crippen molar-refractivity contribution in [2.75, 3.05) is 5.73 Å². The van der Waals surface area contributed by atoms with Gasteiger partial charge < -0.3 is 5.73 Å². The summed E-state index contributed by atoms with van der Waals surface area (Å²) in [5.41, 5.74) is 10.6. The first-order valence-corrected chi connectivity index (χ1v) is 6.87. The molecule has 4 heteroatoms. The molecule has 0 radical (unpaired) electrons. The van der Waals surface area contributed by atoms with Crippen molar-refractivity contribution in [2.24, 2.45) is 0 Å². The summed E-state index contributed by atoms with van der Waals surface area (Å²) in [4.78, 5) is 9.30. The second-order valence-corrected chi connectivity index (χ2v) is 6.32. The molecule has 2 aromatic rings. The van der Waals surface area contributed by atoms with E-state index in [0.717, 1.165) is 33.8 Å². The van der Waals surface area contributed by atoms with Gasteiger partial charge in [0.05, 0.1) is 11.1 Å². The molecule has 0 saturated carbocycles. The van der Waals surface area contributed by atoms with Gasteiger partial charge in [0.1, 0.15) is 0 Å². The standard InChI is InChI=1S/C15H20N3P/c1-9-12(15(2,3)4)17-13(18-14(9)19)10-5-7-11(16)8-6-10/h5-8H,16,19H2,1-4H3. The monoisotopic (exact) mass is 273 g/mol. The van der Waals surface area contributed by atoms with Crippen molar-refractivity contribution in [1.82, 2.24) is 9.97 Å². The van der Waals surface area contributed by atoms with Crippen molar-refractivity contribution in [1.29, 1.82) is 0 Å². The number of hydrogen-bond acceptors (Lipinski definition) is 3. The van der Waals surface area contributed by atoms with Gasteiger partial charge in [-0.25, -0.2) is 9.97 Å².